The molecule has 3 heterocycles. The van der Waals surface area contributed by atoms with Crippen LogP contribution in [0.25, 0.3) is 21.7 Å². The van der Waals surface area contributed by atoms with E-state index in [-0.39, 0.29) is 12.6 Å². The molecule has 0 bridgehead atoms. The zero-order valence-corrected chi connectivity index (χ0v) is 11.2. The number of rotatable bonds is 0. The van der Waals surface area contributed by atoms with Crippen molar-refractivity contribution in [3.8, 4) is 0 Å². The number of cyclic esters (lactones) is 1. The summed E-state index contributed by atoms with van der Waals surface area (Å²) in [5.74, 6) is -0.284. The summed E-state index contributed by atoms with van der Waals surface area (Å²) in [5, 5.41) is 2.87. The highest BCUT2D eigenvalue weighted by molar-refractivity contribution is 6.17. The molecule has 98 valence electrons. The van der Waals surface area contributed by atoms with E-state index in [2.05, 4.69) is 9.97 Å². The first-order valence-electron chi connectivity index (χ1n) is 6.52. The number of hydrogen-bond donors (Lipinski definition) is 0. The Labute approximate surface area is 115 Å². The molecule has 0 radical (unpaired) electrons. The van der Waals surface area contributed by atoms with Gasteiger partial charge in [-0.25, -0.2) is 4.79 Å². The quantitative estimate of drug-likeness (QED) is 0.462. The maximum Gasteiger partial charge on any atom is 0.341 e. The number of hydrogen-bond acceptors (Lipinski definition) is 4. The topological polar surface area (TPSA) is 52.1 Å². The van der Waals surface area contributed by atoms with Crippen LogP contribution in [0, 0.1) is 13.8 Å². The van der Waals surface area contributed by atoms with Gasteiger partial charge in [0.2, 0.25) is 0 Å². The van der Waals surface area contributed by atoms with Crippen molar-refractivity contribution in [1.29, 1.82) is 0 Å². The lowest BCUT2D eigenvalue weighted by atomic mass is 9.98. The first kappa shape index (κ1) is 11.3. The zero-order valence-electron chi connectivity index (χ0n) is 11.2. The van der Waals surface area contributed by atoms with Crippen molar-refractivity contribution in [3.05, 3.63) is 46.9 Å². The number of carbonyl (C=O) groups is 1. The number of ether oxygens (including phenoxy) is 1. The number of aromatic nitrogens is 2. The van der Waals surface area contributed by atoms with Crippen LogP contribution in [0.3, 0.4) is 0 Å². The Morgan fingerprint density at radius 1 is 1.05 bits per heavy atom. The highest BCUT2D eigenvalue weighted by Crippen LogP contribution is 2.34. The smallest absolute Gasteiger partial charge is 0.341 e. The van der Waals surface area contributed by atoms with Crippen LogP contribution in [-0.2, 0) is 11.3 Å². The van der Waals surface area contributed by atoms with Crippen LogP contribution in [0.2, 0.25) is 0 Å². The second-order valence-corrected chi connectivity index (χ2v) is 5.06. The Kier molecular flexibility index (Phi) is 2.13. The van der Waals surface area contributed by atoms with Crippen molar-refractivity contribution >= 4 is 27.6 Å². The zero-order chi connectivity index (χ0) is 13.9. The Balaban J connectivity index is 2.36. The average molecular weight is 264 g/mol. The fraction of sp³-hybridized carbons (Fsp3) is 0.188. The van der Waals surface area contributed by atoms with Gasteiger partial charge in [0.1, 0.15) is 6.61 Å². The van der Waals surface area contributed by atoms with Crippen LogP contribution < -0.4 is 0 Å². The molecule has 1 aromatic carbocycles. The molecule has 4 nitrogen and oxygen atoms in total. The molecular weight excluding hydrogens is 252 g/mol. The number of nitrogens with zero attached hydrogens (tertiary/aromatic N) is 2. The maximum atomic E-state index is 12.1. The van der Waals surface area contributed by atoms with Gasteiger partial charge < -0.3 is 4.74 Å². The predicted molar refractivity (Wildman–Crippen MR) is 75.6 cm³/mol. The summed E-state index contributed by atoms with van der Waals surface area (Å²) < 4.78 is 5.15. The van der Waals surface area contributed by atoms with Gasteiger partial charge in [-0.2, -0.15) is 0 Å². The van der Waals surface area contributed by atoms with Crippen molar-refractivity contribution < 1.29 is 9.53 Å². The van der Waals surface area contributed by atoms with Crippen LogP contribution in [-0.4, -0.2) is 15.9 Å². The largest absolute Gasteiger partial charge is 0.455 e. The van der Waals surface area contributed by atoms with Crippen LogP contribution in [0.5, 0.6) is 0 Å². The summed E-state index contributed by atoms with van der Waals surface area (Å²) >= 11 is 0. The number of aryl methyl sites for hydroxylation is 2. The van der Waals surface area contributed by atoms with Gasteiger partial charge in [0.05, 0.1) is 16.8 Å². The van der Waals surface area contributed by atoms with E-state index in [4.69, 9.17) is 4.74 Å². The summed E-state index contributed by atoms with van der Waals surface area (Å²) in [6.07, 6.45) is 0. The second kappa shape index (κ2) is 3.76. The first-order chi connectivity index (χ1) is 9.66. The van der Waals surface area contributed by atoms with Gasteiger partial charge in [-0.15, -0.1) is 0 Å². The van der Waals surface area contributed by atoms with Gasteiger partial charge >= 0.3 is 5.97 Å². The van der Waals surface area contributed by atoms with Gasteiger partial charge in [0, 0.05) is 27.5 Å². The third-order valence-electron chi connectivity index (χ3n) is 3.82. The fourth-order valence-electron chi connectivity index (χ4n) is 3.03. The molecular formula is C16H12N2O2. The highest BCUT2D eigenvalue weighted by Gasteiger charge is 2.28. The van der Waals surface area contributed by atoms with E-state index in [1.165, 1.54) is 0 Å². The monoisotopic (exact) mass is 264 g/mol. The molecule has 4 rings (SSSR count). The SMILES string of the molecule is Cc1nc2c(c3c1c(C)nc1ccccc13)C(=O)OC2. The van der Waals surface area contributed by atoms with Gasteiger partial charge in [0.25, 0.3) is 0 Å². The van der Waals surface area contributed by atoms with Crippen LogP contribution in [0.1, 0.15) is 27.4 Å². The summed E-state index contributed by atoms with van der Waals surface area (Å²) in [6.45, 7) is 4.17. The second-order valence-electron chi connectivity index (χ2n) is 5.06. The van der Waals surface area contributed by atoms with Crippen LogP contribution >= 0.6 is 0 Å². The molecule has 1 aliphatic heterocycles. The molecule has 0 fully saturated rings. The highest BCUT2D eigenvalue weighted by atomic mass is 16.5. The minimum Gasteiger partial charge on any atom is -0.455 e. The van der Waals surface area contributed by atoms with E-state index in [1.807, 2.05) is 38.1 Å². The molecule has 3 aromatic rings. The van der Waals surface area contributed by atoms with Crippen molar-refractivity contribution in [1.82, 2.24) is 9.97 Å². The predicted octanol–water partition coefficient (Wildman–Crippen LogP) is 3.07. The van der Waals surface area contributed by atoms with Crippen molar-refractivity contribution in [3.63, 3.8) is 0 Å². The number of carbonyl (C=O) groups excluding carboxylic acids is 1. The lowest BCUT2D eigenvalue weighted by Gasteiger charge is -2.11. The number of pyridine rings is 2. The third-order valence-corrected chi connectivity index (χ3v) is 3.82. The van der Waals surface area contributed by atoms with E-state index in [1.54, 1.807) is 0 Å². The van der Waals surface area contributed by atoms with Crippen molar-refractivity contribution in [2.75, 3.05) is 0 Å². The molecule has 0 unspecified atom stereocenters. The Hall–Kier alpha value is -2.49. The first-order valence-corrected chi connectivity index (χ1v) is 6.52. The molecule has 0 N–H and O–H groups in total. The van der Waals surface area contributed by atoms with Gasteiger partial charge in [0.15, 0.2) is 0 Å². The molecule has 2 aromatic heterocycles. The van der Waals surface area contributed by atoms with Gasteiger partial charge in [-0.05, 0) is 19.9 Å². The minimum atomic E-state index is -0.284. The van der Waals surface area contributed by atoms with Gasteiger partial charge in [-0.1, -0.05) is 18.2 Å². The molecule has 0 spiro atoms. The molecule has 0 saturated carbocycles. The molecule has 0 amide bonds. The summed E-state index contributed by atoms with van der Waals surface area (Å²) in [4.78, 5) is 21.2. The van der Waals surface area contributed by atoms with E-state index < -0.39 is 0 Å². The van der Waals surface area contributed by atoms with E-state index in [9.17, 15) is 4.79 Å². The lowest BCUT2D eigenvalue weighted by molar-refractivity contribution is 0.0534. The van der Waals surface area contributed by atoms with Gasteiger partial charge in [-0.3, -0.25) is 9.97 Å². The summed E-state index contributed by atoms with van der Waals surface area (Å²) in [7, 11) is 0. The van der Waals surface area contributed by atoms with Crippen LogP contribution in [0.4, 0.5) is 0 Å². The van der Waals surface area contributed by atoms with E-state index in [0.717, 1.165) is 38.8 Å². The molecule has 1 aliphatic rings. The fourth-order valence-corrected chi connectivity index (χ4v) is 3.03. The third kappa shape index (κ3) is 1.33. The Bertz CT molecular complexity index is 900. The summed E-state index contributed by atoms with van der Waals surface area (Å²) in [6, 6.07) is 7.87. The number of benzene rings is 1. The molecule has 0 saturated heterocycles. The lowest BCUT2D eigenvalue weighted by Crippen LogP contribution is -2.02. The molecule has 4 heteroatoms. The van der Waals surface area contributed by atoms with Crippen molar-refractivity contribution in [2.45, 2.75) is 20.5 Å². The Morgan fingerprint density at radius 2 is 1.80 bits per heavy atom. The number of fused-ring (bicyclic) bond motifs is 5. The maximum absolute atomic E-state index is 12.1. The standard InChI is InChI=1S/C16H12N2O2/c1-8-13-9(2)18-12-7-20-16(19)15(12)14(13)10-5-3-4-6-11(10)17-8/h3-6H,7H2,1-2H3. The normalized spacial score (nSPS) is 13.8. The molecule has 20 heavy (non-hydrogen) atoms. The van der Waals surface area contributed by atoms with Crippen LogP contribution in [0.15, 0.2) is 24.3 Å². The van der Waals surface area contributed by atoms with Crippen molar-refractivity contribution in [2.24, 2.45) is 0 Å². The molecule has 0 aliphatic carbocycles. The minimum absolute atomic E-state index is 0.265. The summed E-state index contributed by atoms with van der Waals surface area (Å²) in [5.41, 5.74) is 4.02. The number of para-hydroxylation sites is 1. The molecule has 0 atom stereocenters. The Morgan fingerprint density at radius 3 is 2.65 bits per heavy atom. The van der Waals surface area contributed by atoms with E-state index >= 15 is 0 Å². The average Bonchev–Trinajstić information content (AvgIpc) is 2.79. The number of esters is 1. The van der Waals surface area contributed by atoms with E-state index in [0.29, 0.717) is 5.56 Å².